The second-order valence-electron chi connectivity index (χ2n) is 10.8. The number of para-hydroxylation sites is 1. The molecule has 10 heteroatoms. The van der Waals surface area contributed by atoms with Crippen LogP contribution in [0.15, 0.2) is 111 Å². The summed E-state index contributed by atoms with van der Waals surface area (Å²) in [4.78, 5) is 19.5. The predicted molar refractivity (Wildman–Crippen MR) is 186 cm³/mol. The van der Waals surface area contributed by atoms with Crippen LogP contribution in [0.3, 0.4) is 0 Å². The van der Waals surface area contributed by atoms with Crippen LogP contribution in [-0.4, -0.2) is 48.8 Å². The van der Waals surface area contributed by atoms with Crippen molar-refractivity contribution < 1.29 is 24.1 Å². The number of hydrazine groups is 1. The maximum absolute atomic E-state index is 14.4. The number of aliphatic hydroxyl groups excluding tert-OH is 1. The molecule has 240 valence electrons. The van der Waals surface area contributed by atoms with E-state index in [1.165, 1.54) is 0 Å². The van der Waals surface area contributed by atoms with Crippen molar-refractivity contribution in [2.45, 2.75) is 37.8 Å². The number of carbonyl (C=O) groups excluding carboxylic acids is 1. The Bertz CT molecular complexity index is 1630. The van der Waals surface area contributed by atoms with Gasteiger partial charge in [0.25, 0.3) is 5.91 Å². The number of amides is 1. The lowest BCUT2D eigenvalue weighted by molar-refractivity contribution is -0.130. The molecular formula is C36H37Br2N3O5. The number of benzene rings is 4. The first-order valence-electron chi connectivity index (χ1n) is 15.3. The van der Waals surface area contributed by atoms with Crippen molar-refractivity contribution in [2.75, 3.05) is 26.4 Å². The monoisotopic (exact) mass is 749 g/mol. The second kappa shape index (κ2) is 16.2. The van der Waals surface area contributed by atoms with Gasteiger partial charge in [0.1, 0.15) is 11.5 Å². The molecule has 8 nitrogen and oxygen atoms in total. The van der Waals surface area contributed by atoms with Crippen LogP contribution in [0.5, 0.6) is 11.5 Å². The number of nitrogens with zero attached hydrogens (tertiary/aromatic N) is 1. The number of halogens is 2. The van der Waals surface area contributed by atoms with Crippen molar-refractivity contribution in [3.8, 4) is 11.5 Å². The maximum atomic E-state index is 14.4. The van der Waals surface area contributed by atoms with E-state index in [2.05, 4.69) is 42.7 Å². The van der Waals surface area contributed by atoms with Gasteiger partial charge in [0.15, 0.2) is 11.6 Å². The highest BCUT2D eigenvalue weighted by Gasteiger charge is 2.54. The van der Waals surface area contributed by atoms with E-state index in [0.717, 1.165) is 36.9 Å². The molecule has 0 saturated heterocycles. The third-order valence-corrected chi connectivity index (χ3v) is 8.85. The molecule has 1 aliphatic rings. The highest BCUT2D eigenvalue weighted by atomic mass is 79.9. The maximum Gasteiger partial charge on any atom is 0.266 e. The summed E-state index contributed by atoms with van der Waals surface area (Å²) in [5, 5.41) is 9.07. The van der Waals surface area contributed by atoms with E-state index in [-0.39, 0.29) is 12.5 Å². The lowest BCUT2D eigenvalue weighted by Crippen LogP contribution is -2.54. The zero-order valence-electron chi connectivity index (χ0n) is 25.5. The van der Waals surface area contributed by atoms with Crippen molar-refractivity contribution in [3.63, 3.8) is 0 Å². The summed E-state index contributed by atoms with van der Waals surface area (Å²) in [6.45, 7) is 3.51. The normalized spacial score (nSPS) is 17.2. The number of aliphatic hydroxyl groups is 1. The minimum Gasteiger partial charge on any atom is -0.494 e. The second-order valence-corrected chi connectivity index (χ2v) is 12.6. The molecule has 0 bridgehead atoms. The van der Waals surface area contributed by atoms with Crippen molar-refractivity contribution in [2.24, 2.45) is 4.99 Å². The van der Waals surface area contributed by atoms with Crippen LogP contribution in [0.1, 0.15) is 41.7 Å². The molecule has 0 fully saturated rings. The minimum absolute atomic E-state index is 0.0666. The molecule has 3 N–H and O–H groups in total. The number of aliphatic imine (C=N–C) groups is 1. The number of ether oxygens (including phenoxy) is 3. The highest BCUT2D eigenvalue weighted by molar-refractivity contribution is 9.10. The van der Waals surface area contributed by atoms with Gasteiger partial charge in [0.05, 0.1) is 13.2 Å². The molecule has 5 rings (SSSR count). The number of carbonyl (C=O) groups is 1. The first kappa shape index (κ1) is 33.7. The summed E-state index contributed by atoms with van der Waals surface area (Å²) in [5.41, 5.74) is 8.27. The SMILES string of the molecule is CCOc1ccccc1CCNNC(=O)[C@@]1(Cc2ccc(Br)cc2)N=C(c2ccc(OCCCO)cc2)O[C@H]1c1ccccc1Br. The molecule has 46 heavy (non-hydrogen) atoms. The molecule has 2 atom stereocenters. The number of hydrogen-bond donors (Lipinski definition) is 3. The van der Waals surface area contributed by atoms with Crippen LogP contribution in [0.4, 0.5) is 0 Å². The molecule has 4 aromatic carbocycles. The fourth-order valence-corrected chi connectivity index (χ4v) is 6.07. The van der Waals surface area contributed by atoms with Gasteiger partial charge in [-0.15, -0.1) is 0 Å². The van der Waals surface area contributed by atoms with Crippen LogP contribution in [0, 0.1) is 0 Å². The molecule has 0 aromatic heterocycles. The Kier molecular flexibility index (Phi) is 11.9. The predicted octanol–water partition coefficient (Wildman–Crippen LogP) is 6.73. The standard InChI is InChI=1S/C36H37Br2N3O5/c1-2-44-32-11-6-3-8-26(32)20-21-39-41-35(43)36(24-25-12-16-28(37)17-13-25)33(30-9-4-5-10-31(30)38)46-34(40-36)27-14-18-29(19-15-27)45-23-7-22-42/h3-6,8-19,33,39,42H,2,7,20-24H2,1H3,(H,41,43)/t33-,36-/m0/s1. The van der Waals surface area contributed by atoms with E-state index in [1.807, 2.05) is 104 Å². The largest absolute Gasteiger partial charge is 0.494 e. The van der Waals surface area contributed by atoms with Crippen molar-refractivity contribution in [1.29, 1.82) is 0 Å². The van der Waals surface area contributed by atoms with Crippen LogP contribution in [0.25, 0.3) is 0 Å². The van der Waals surface area contributed by atoms with Gasteiger partial charge in [-0.25, -0.2) is 10.4 Å². The summed E-state index contributed by atoms with van der Waals surface area (Å²) in [5.74, 6) is 1.56. The average Bonchev–Trinajstić information content (AvgIpc) is 3.45. The third kappa shape index (κ3) is 8.17. The quantitative estimate of drug-likeness (QED) is 0.0921. The van der Waals surface area contributed by atoms with Crippen molar-refractivity contribution in [1.82, 2.24) is 10.9 Å². The molecule has 0 radical (unpaired) electrons. The Balaban J connectivity index is 1.47. The van der Waals surface area contributed by atoms with E-state index >= 15 is 0 Å². The van der Waals surface area contributed by atoms with Gasteiger partial charge in [0, 0.05) is 46.1 Å². The van der Waals surface area contributed by atoms with E-state index < -0.39 is 11.6 Å². The van der Waals surface area contributed by atoms with Crippen LogP contribution >= 0.6 is 31.9 Å². The van der Waals surface area contributed by atoms with Crippen LogP contribution < -0.4 is 20.3 Å². The summed E-state index contributed by atoms with van der Waals surface area (Å²) < 4.78 is 19.9. The van der Waals surface area contributed by atoms with Crippen molar-refractivity contribution in [3.05, 3.63) is 128 Å². The third-order valence-electron chi connectivity index (χ3n) is 7.60. The van der Waals surface area contributed by atoms with Gasteiger partial charge in [0.2, 0.25) is 5.90 Å². The smallest absolute Gasteiger partial charge is 0.266 e. The van der Waals surface area contributed by atoms with Gasteiger partial charge in [-0.3, -0.25) is 10.2 Å². The van der Waals surface area contributed by atoms with Crippen LogP contribution in [-0.2, 0) is 22.4 Å². The number of rotatable bonds is 15. The van der Waals surface area contributed by atoms with Crippen LogP contribution in [0.2, 0.25) is 0 Å². The Hall–Kier alpha value is -3.70. The fourth-order valence-electron chi connectivity index (χ4n) is 5.32. The highest BCUT2D eigenvalue weighted by Crippen LogP contribution is 2.44. The number of hydrogen-bond acceptors (Lipinski definition) is 7. The molecule has 0 saturated carbocycles. The summed E-state index contributed by atoms with van der Waals surface area (Å²) in [7, 11) is 0. The van der Waals surface area contributed by atoms with Gasteiger partial charge < -0.3 is 19.3 Å². The zero-order chi connectivity index (χ0) is 32.4. The van der Waals surface area contributed by atoms with Gasteiger partial charge >= 0.3 is 0 Å². The van der Waals surface area contributed by atoms with Gasteiger partial charge in [-0.2, -0.15) is 0 Å². The molecule has 1 heterocycles. The van der Waals surface area contributed by atoms with E-state index in [4.69, 9.17) is 24.3 Å². The summed E-state index contributed by atoms with van der Waals surface area (Å²) >= 11 is 7.22. The number of nitrogens with one attached hydrogen (secondary N) is 2. The molecular weight excluding hydrogens is 714 g/mol. The van der Waals surface area contributed by atoms with E-state index in [9.17, 15) is 4.79 Å². The molecule has 1 amide bonds. The molecule has 0 aliphatic carbocycles. The summed E-state index contributed by atoms with van der Waals surface area (Å²) in [6, 6.07) is 30.9. The molecule has 0 spiro atoms. The molecule has 1 aliphatic heterocycles. The fraction of sp³-hybridized carbons (Fsp3) is 0.278. The van der Waals surface area contributed by atoms with Crippen molar-refractivity contribution >= 4 is 43.7 Å². The van der Waals surface area contributed by atoms with E-state index in [0.29, 0.717) is 50.7 Å². The first-order chi connectivity index (χ1) is 22.4. The Morgan fingerprint density at radius 3 is 2.43 bits per heavy atom. The Morgan fingerprint density at radius 1 is 0.957 bits per heavy atom. The van der Waals surface area contributed by atoms with E-state index in [1.54, 1.807) is 0 Å². The lowest BCUT2D eigenvalue weighted by Gasteiger charge is -2.31. The topological polar surface area (TPSA) is 101 Å². The minimum atomic E-state index is -1.35. The zero-order valence-corrected chi connectivity index (χ0v) is 28.7. The molecule has 0 unspecified atom stereocenters. The van der Waals surface area contributed by atoms with Gasteiger partial charge in [-0.1, -0.05) is 80.4 Å². The Morgan fingerprint density at radius 2 is 1.70 bits per heavy atom. The molecule has 4 aromatic rings. The average molecular weight is 752 g/mol. The lowest BCUT2D eigenvalue weighted by atomic mass is 9.82. The first-order valence-corrected chi connectivity index (χ1v) is 16.9. The summed E-state index contributed by atoms with van der Waals surface area (Å²) in [6.07, 6.45) is 0.759. The Labute approximate surface area is 286 Å². The van der Waals surface area contributed by atoms with Gasteiger partial charge in [-0.05, 0) is 73.0 Å².